The average Bonchev–Trinajstić information content (AvgIpc) is 2.48. The maximum atomic E-state index is 12.0. The van der Waals surface area contributed by atoms with E-state index in [0.717, 1.165) is 26.2 Å². The van der Waals surface area contributed by atoms with Gasteiger partial charge in [-0.05, 0) is 58.5 Å². The number of carbonyl (C=O) groups excluding carboxylic acids is 1. The molecule has 4 nitrogen and oxygen atoms in total. The molecule has 2 rings (SSSR count). The van der Waals surface area contributed by atoms with Gasteiger partial charge >= 0.3 is 6.09 Å². The van der Waals surface area contributed by atoms with Crippen molar-refractivity contribution in [3.05, 3.63) is 0 Å². The molecule has 0 aliphatic carbocycles. The van der Waals surface area contributed by atoms with Gasteiger partial charge in [0.1, 0.15) is 5.60 Å². The van der Waals surface area contributed by atoms with E-state index in [0.29, 0.717) is 11.8 Å². The largest absolute Gasteiger partial charge is 0.444 e. The second-order valence-electron chi connectivity index (χ2n) is 6.23. The SMILES string of the molecule is CC(C)(C)OC(=O)N1C[C@@H]2CCNCC[C@H]2C1. The molecule has 0 spiro atoms. The maximum Gasteiger partial charge on any atom is 0.410 e. The molecule has 1 amide bonds. The van der Waals surface area contributed by atoms with E-state index in [1.807, 2.05) is 25.7 Å². The number of hydrogen-bond acceptors (Lipinski definition) is 3. The van der Waals surface area contributed by atoms with E-state index >= 15 is 0 Å². The molecular weight excluding hydrogens is 216 g/mol. The van der Waals surface area contributed by atoms with Crippen molar-refractivity contribution in [2.24, 2.45) is 11.8 Å². The third-order valence-corrected chi connectivity index (χ3v) is 3.61. The molecule has 1 N–H and O–H groups in total. The topological polar surface area (TPSA) is 41.6 Å². The summed E-state index contributed by atoms with van der Waals surface area (Å²) in [4.78, 5) is 13.9. The molecule has 0 bridgehead atoms. The van der Waals surface area contributed by atoms with Crippen LogP contribution in [0.2, 0.25) is 0 Å². The van der Waals surface area contributed by atoms with E-state index in [2.05, 4.69) is 5.32 Å². The standard InChI is InChI=1S/C13H24N2O2/c1-13(2,3)17-12(16)15-8-10-4-6-14-7-5-11(10)9-15/h10-11,14H,4-9H2,1-3H3/t10-,11-/m0/s1. The Kier molecular flexibility index (Phi) is 3.61. The summed E-state index contributed by atoms with van der Waals surface area (Å²) in [5.41, 5.74) is -0.386. The van der Waals surface area contributed by atoms with Crippen LogP contribution < -0.4 is 5.32 Å². The number of rotatable bonds is 0. The highest BCUT2D eigenvalue weighted by Gasteiger charge is 2.37. The van der Waals surface area contributed by atoms with E-state index in [-0.39, 0.29) is 11.7 Å². The fourth-order valence-electron chi connectivity index (χ4n) is 2.77. The molecule has 2 fully saturated rings. The lowest BCUT2D eigenvalue weighted by atomic mass is 9.92. The summed E-state index contributed by atoms with van der Waals surface area (Å²) in [7, 11) is 0. The monoisotopic (exact) mass is 240 g/mol. The van der Waals surface area contributed by atoms with E-state index in [9.17, 15) is 4.79 Å². The molecule has 2 atom stereocenters. The number of likely N-dealkylation sites (tertiary alicyclic amines) is 1. The normalized spacial score (nSPS) is 29.7. The Morgan fingerprint density at radius 2 is 1.71 bits per heavy atom. The molecule has 17 heavy (non-hydrogen) atoms. The minimum Gasteiger partial charge on any atom is -0.444 e. The zero-order chi connectivity index (χ0) is 12.5. The van der Waals surface area contributed by atoms with Crippen LogP contribution in [0.5, 0.6) is 0 Å². The summed E-state index contributed by atoms with van der Waals surface area (Å²) in [6.07, 6.45) is 2.23. The third-order valence-electron chi connectivity index (χ3n) is 3.61. The first-order valence-corrected chi connectivity index (χ1v) is 6.64. The highest BCUT2D eigenvalue weighted by molar-refractivity contribution is 5.68. The molecule has 2 aliphatic rings. The first-order valence-electron chi connectivity index (χ1n) is 6.64. The third kappa shape index (κ3) is 3.35. The van der Waals surface area contributed by atoms with Gasteiger partial charge in [-0.15, -0.1) is 0 Å². The number of ether oxygens (including phenoxy) is 1. The number of nitrogens with zero attached hydrogens (tertiary/aromatic N) is 1. The molecule has 0 aromatic rings. The van der Waals surface area contributed by atoms with Crippen molar-refractivity contribution in [2.45, 2.75) is 39.2 Å². The summed E-state index contributed by atoms with van der Waals surface area (Å²) in [5.74, 6) is 1.33. The van der Waals surface area contributed by atoms with Gasteiger partial charge in [0.05, 0.1) is 0 Å². The summed E-state index contributed by atoms with van der Waals surface area (Å²) in [5, 5.41) is 3.42. The highest BCUT2D eigenvalue weighted by atomic mass is 16.6. The van der Waals surface area contributed by atoms with Gasteiger partial charge in [-0.2, -0.15) is 0 Å². The van der Waals surface area contributed by atoms with Crippen LogP contribution in [0.3, 0.4) is 0 Å². The molecule has 0 radical (unpaired) electrons. The van der Waals surface area contributed by atoms with Crippen LogP contribution in [-0.2, 0) is 4.74 Å². The number of hydrogen-bond donors (Lipinski definition) is 1. The molecule has 0 aromatic carbocycles. The predicted molar refractivity (Wildman–Crippen MR) is 66.9 cm³/mol. The van der Waals surface area contributed by atoms with Gasteiger partial charge in [0.2, 0.25) is 0 Å². The van der Waals surface area contributed by atoms with Gasteiger partial charge in [-0.3, -0.25) is 0 Å². The summed E-state index contributed by atoms with van der Waals surface area (Å²) < 4.78 is 5.43. The first kappa shape index (κ1) is 12.7. The van der Waals surface area contributed by atoms with Crippen LogP contribution in [-0.4, -0.2) is 42.8 Å². The number of carbonyl (C=O) groups is 1. The molecule has 0 unspecified atom stereocenters. The van der Waals surface area contributed by atoms with Gasteiger partial charge in [-0.25, -0.2) is 4.79 Å². The molecule has 2 aliphatic heterocycles. The Morgan fingerprint density at radius 1 is 1.18 bits per heavy atom. The molecule has 2 saturated heterocycles. The van der Waals surface area contributed by atoms with Crippen LogP contribution in [0.15, 0.2) is 0 Å². The quantitative estimate of drug-likeness (QED) is 0.702. The predicted octanol–water partition coefficient (Wildman–Crippen LogP) is 1.85. The fourth-order valence-corrected chi connectivity index (χ4v) is 2.77. The number of fused-ring (bicyclic) bond motifs is 1. The smallest absolute Gasteiger partial charge is 0.410 e. The van der Waals surface area contributed by atoms with Crippen LogP contribution in [0.4, 0.5) is 4.79 Å². The zero-order valence-corrected chi connectivity index (χ0v) is 11.2. The van der Waals surface area contributed by atoms with E-state index in [1.165, 1.54) is 12.8 Å². The molecule has 0 aromatic heterocycles. The number of amides is 1. The van der Waals surface area contributed by atoms with E-state index < -0.39 is 0 Å². The van der Waals surface area contributed by atoms with Gasteiger partial charge in [0.25, 0.3) is 0 Å². The van der Waals surface area contributed by atoms with Gasteiger partial charge < -0.3 is 15.0 Å². The van der Waals surface area contributed by atoms with Crippen molar-refractivity contribution in [1.29, 1.82) is 0 Å². The summed E-state index contributed by atoms with van der Waals surface area (Å²) >= 11 is 0. The second-order valence-corrected chi connectivity index (χ2v) is 6.23. The van der Waals surface area contributed by atoms with Crippen molar-refractivity contribution in [3.63, 3.8) is 0 Å². The minimum absolute atomic E-state index is 0.140. The second kappa shape index (κ2) is 4.84. The lowest BCUT2D eigenvalue weighted by Crippen LogP contribution is -2.36. The van der Waals surface area contributed by atoms with Crippen molar-refractivity contribution < 1.29 is 9.53 Å². The van der Waals surface area contributed by atoms with Crippen molar-refractivity contribution in [1.82, 2.24) is 10.2 Å². The molecule has 98 valence electrons. The van der Waals surface area contributed by atoms with E-state index in [4.69, 9.17) is 4.74 Å². The number of nitrogens with one attached hydrogen (secondary N) is 1. The Hall–Kier alpha value is -0.770. The van der Waals surface area contributed by atoms with E-state index in [1.54, 1.807) is 0 Å². The Labute approximate surface area is 104 Å². The lowest BCUT2D eigenvalue weighted by molar-refractivity contribution is 0.0282. The van der Waals surface area contributed by atoms with Gasteiger partial charge in [-0.1, -0.05) is 0 Å². The van der Waals surface area contributed by atoms with Gasteiger partial charge in [0, 0.05) is 13.1 Å². The zero-order valence-electron chi connectivity index (χ0n) is 11.2. The first-order chi connectivity index (χ1) is 7.96. The van der Waals surface area contributed by atoms with Crippen molar-refractivity contribution in [2.75, 3.05) is 26.2 Å². The minimum atomic E-state index is -0.386. The van der Waals surface area contributed by atoms with Crippen molar-refractivity contribution >= 4 is 6.09 Å². The lowest BCUT2D eigenvalue weighted by Gasteiger charge is -2.24. The van der Waals surface area contributed by atoms with Crippen LogP contribution in [0.25, 0.3) is 0 Å². The highest BCUT2D eigenvalue weighted by Crippen LogP contribution is 2.30. The average molecular weight is 240 g/mol. The summed E-state index contributed by atoms with van der Waals surface area (Å²) in [6.45, 7) is 9.68. The van der Waals surface area contributed by atoms with Crippen LogP contribution >= 0.6 is 0 Å². The van der Waals surface area contributed by atoms with Gasteiger partial charge in [0.15, 0.2) is 0 Å². The Balaban J connectivity index is 1.90. The maximum absolute atomic E-state index is 12.0. The summed E-state index contributed by atoms with van der Waals surface area (Å²) in [6, 6.07) is 0. The van der Waals surface area contributed by atoms with Crippen LogP contribution in [0.1, 0.15) is 33.6 Å². The fraction of sp³-hybridized carbons (Fsp3) is 0.923. The molecule has 2 heterocycles. The molecule has 4 heteroatoms. The molecular formula is C13H24N2O2. The van der Waals surface area contributed by atoms with Crippen molar-refractivity contribution in [3.8, 4) is 0 Å². The van der Waals surface area contributed by atoms with Crippen LogP contribution in [0, 0.1) is 11.8 Å². The molecule has 0 saturated carbocycles. The Bertz CT molecular complexity index is 272. The Morgan fingerprint density at radius 3 is 2.18 bits per heavy atom.